The molecule has 6 nitrogen and oxygen atoms in total. The maximum Gasteiger partial charge on any atom is 0.387 e. The van der Waals surface area contributed by atoms with Gasteiger partial charge in [-0.25, -0.2) is 4.99 Å². The first-order chi connectivity index (χ1) is 11.0. The molecule has 3 N–H and O–H groups in total. The Labute approximate surface area is 157 Å². The fraction of sp³-hybridized carbons (Fsp3) is 0.533. The summed E-state index contributed by atoms with van der Waals surface area (Å²) in [4.78, 5) is 4.19. The minimum atomic E-state index is -2.90. The van der Waals surface area contributed by atoms with Gasteiger partial charge < -0.3 is 25.3 Å². The van der Waals surface area contributed by atoms with Gasteiger partial charge in [0.15, 0.2) is 17.5 Å². The van der Waals surface area contributed by atoms with E-state index < -0.39 is 6.61 Å². The standard InChI is InChI=1S/C15H23F2N3O3.HI/c1-4-22-13-7-11(5-6-12(13)23-14(16)17)8-19-15(18)20-10(2)9-21-3;/h5-7,10,14H,4,8-9H2,1-3H3,(H3,18,19,20);1H. The van der Waals surface area contributed by atoms with Gasteiger partial charge in [0.2, 0.25) is 0 Å². The third-order valence-electron chi connectivity index (χ3n) is 2.77. The van der Waals surface area contributed by atoms with Crippen LogP contribution in [0.3, 0.4) is 0 Å². The molecular weight excluding hydrogens is 435 g/mol. The molecule has 0 amide bonds. The third kappa shape index (κ3) is 8.48. The molecule has 1 rings (SSSR count). The van der Waals surface area contributed by atoms with E-state index >= 15 is 0 Å². The summed E-state index contributed by atoms with van der Waals surface area (Å²) in [5.74, 6) is 0.523. The normalized spacial score (nSPS) is 12.5. The summed E-state index contributed by atoms with van der Waals surface area (Å²) >= 11 is 0. The second-order valence-electron chi connectivity index (χ2n) is 4.79. The van der Waals surface area contributed by atoms with Crippen LogP contribution < -0.4 is 20.5 Å². The van der Waals surface area contributed by atoms with E-state index in [4.69, 9.17) is 15.2 Å². The SMILES string of the molecule is CCOc1cc(CN=C(N)NC(C)COC)ccc1OC(F)F.I. The largest absolute Gasteiger partial charge is 0.490 e. The van der Waals surface area contributed by atoms with E-state index in [1.807, 2.05) is 6.92 Å². The van der Waals surface area contributed by atoms with Crippen LogP contribution in [0.15, 0.2) is 23.2 Å². The number of nitrogens with one attached hydrogen (secondary N) is 1. The Balaban J connectivity index is 0.00000529. The molecule has 0 aromatic heterocycles. The highest BCUT2D eigenvalue weighted by atomic mass is 127. The van der Waals surface area contributed by atoms with E-state index in [-0.39, 0.29) is 54.0 Å². The lowest BCUT2D eigenvalue weighted by Crippen LogP contribution is -2.40. The van der Waals surface area contributed by atoms with Crippen molar-refractivity contribution in [2.45, 2.75) is 33.0 Å². The molecule has 0 radical (unpaired) electrons. The van der Waals surface area contributed by atoms with Crippen LogP contribution >= 0.6 is 24.0 Å². The van der Waals surface area contributed by atoms with Crippen molar-refractivity contribution in [1.82, 2.24) is 5.32 Å². The number of rotatable bonds is 9. The lowest BCUT2D eigenvalue weighted by atomic mass is 10.2. The third-order valence-corrected chi connectivity index (χ3v) is 2.77. The Hall–Kier alpha value is -1.36. The molecule has 0 fully saturated rings. The lowest BCUT2D eigenvalue weighted by Gasteiger charge is -2.14. The van der Waals surface area contributed by atoms with Gasteiger partial charge in [-0.05, 0) is 31.5 Å². The minimum Gasteiger partial charge on any atom is -0.490 e. The molecule has 138 valence electrons. The zero-order valence-corrected chi connectivity index (χ0v) is 16.3. The van der Waals surface area contributed by atoms with E-state index in [9.17, 15) is 8.78 Å². The number of hydrogen-bond donors (Lipinski definition) is 2. The van der Waals surface area contributed by atoms with E-state index in [0.29, 0.717) is 13.2 Å². The van der Waals surface area contributed by atoms with Crippen molar-refractivity contribution in [2.24, 2.45) is 10.7 Å². The Kier molecular flexibility index (Phi) is 11.4. The van der Waals surface area contributed by atoms with Crippen LogP contribution in [0.5, 0.6) is 11.5 Å². The summed E-state index contributed by atoms with van der Waals surface area (Å²) in [6.45, 7) is 1.90. The van der Waals surface area contributed by atoms with Gasteiger partial charge in [0.25, 0.3) is 0 Å². The van der Waals surface area contributed by atoms with Crippen LogP contribution in [-0.4, -0.2) is 38.9 Å². The number of alkyl halides is 2. The molecule has 1 unspecified atom stereocenters. The average Bonchev–Trinajstić information content (AvgIpc) is 2.47. The summed E-state index contributed by atoms with van der Waals surface area (Å²) in [6.07, 6.45) is 0. The molecule has 0 spiro atoms. The summed E-state index contributed by atoms with van der Waals surface area (Å²) in [7, 11) is 1.60. The Bertz CT molecular complexity index is 519. The van der Waals surface area contributed by atoms with Gasteiger partial charge in [-0.2, -0.15) is 8.78 Å². The van der Waals surface area contributed by atoms with Crippen molar-refractivity contribution in [3.63, 3.8) is 0 Å². The zero-order chi connectivity index (χ0) is 17.2. The highest BCUT2D eigenvalue weighted by molar-refractivity contribution is 14.0. The van der Waals surface area contributed by atoms with E-state index in [2.05, 4.69) is 15.0 Å². The number of nitrogens with two attached hydrogens (primary N) is 1. The Morgan fingerprint density at radius 2 is 2.04 bits per heavy atom. The first kappa shape index (κ1) is 22.6. The van der Waals surface area contributed by atoms with Crippen LogP contribution in [0.1, 0.15) is 19.4 Å². The molecule has 1 atom stereocenters. The summed E-state index contributed by atoms with van der Waals surface area (Å²) in [5, 5.41) is 2.98. The number of guanidine groups is 1. The summed E-state index contributed by atoms with van der Waals surface area (Å²) < 4.78 is 39.4. The van der Waals surface area contributed by atoms with Gasteiger partial charge in [0, 0.05) is 13.2 Å². The fourth-order valence-corrected chi connectivity index (χ4v) is 1.88. The molecule has 0 aliphatic carbocycles. The van der Waals surface area contributed by atoms with Crippen molar-refractivity contribution < 1.29 is 23.0 Å². The number of aliphatic imine (C=N–C) groups is 1. The van der Waals surface area contributed by atoms with Gasteiger partial charge in [-0.3, -0.25) is 0 Å². The fourth-order valence-electron chi connectivity index (χ4n) is 1.88. The van der Waals surface area contributed by atoms with Crippen molar-refractivity contribution >= 4 is 29.9 Å². The van der Waals surface area contributed by atoms with Crippen molar-refractivity contribution in [3.05, 3.63) is 23.8 Å². The summed E-state index contributed by atoms with van der Waals surface area (Å²) in [5.41, 5.74) is 6.54. The predicted octanol–water partition coefficient (Wildman–Crippen LogP) is 2.74. The molecule has 0 heterocycles. The molecule has 0 aliphatic rings. The maximum atomic E-state index is 12.3. The molecule has 24 heavy (non-hydrogen) atoms. The maximum absolute atomic E-state index is 12.3. The monoisotopic (exact) mass is 459 g/mol. The first-order valence-corrected chi connectivity index (χ1v) is 7.22. The molecule has 0 bridgehead atoms. The Morgan fingerprint density at radius 1 is 1.33 bits per heavy atom. The van der Waals surface area contributed by atoms with Crippen LogP contribution in [0, 0.1) is 0 Å². The number of methoxy groups -OCH3 is 1. The number of benzene rings is 1. The zero-order valence-electron chi connectivity index (χ0n) is 13.9. The number of nitrogens with zero attached hydrogens (tertiary/aromatic N) is 1. The van der Waals surface area contributed by atoms with Crippen molar-refractivity contribution in [1.29, 1.82) is 0 Å². The average molecular weight is 459 g/mol. The highest BCUT2D eigenvalue weighted by Gasteiger charge is 2.11. The molecule has 1 aromatic carbocycles. The quantitative estimate of drug-likeness (QED) is 0.338. The van der Waals surface area contributed by atoms with E-state index in [1.165, 1.54) is 6.07 Å². The second-order valence-corrected chi connectivity index (χ2v) is 4.79. The van der Waals surface area contributed by atoms with Gasteiger partial charge in [-0.15, -0.1) is 24.0 Å². The van der Waals surface area contributed by atoms with Crippen LogP contribution in [0.25, 0.3) is 0 Å². The smallest absolute Gasteiger partial charge is 0.387 e. The molecule has 0 saturated carbocycles. The van der Waals surface area contributed by atoms with Gasteiger partial charge >= 0.3 is 6.61 Å². The topological polar surface area (TPSA) is 78.1 Å². The van der Waals surface area contributed by atoms with E-state index in [1.54, 1.807) is 26.2 Å². The second kappa shape index (κ2) is 12.1. The van der Waals surface area contributed by atoms with E-state index in [0.717, 1.165) is 5.56 Å². The van der Waals surface area contributed by atoms with Crippen LogP contribution in [0.4, 0.5) is 8.78 Å². The van der Waals surface area contributed by atoms with Crippen molar-refractivity contribution in [3.8, 4) is 11.5 Å². The lowest BCUT2D eigenvalue weighted by molar-refractivity contribution is -0.0514. The molecule has 0 saturated heterocycles. The first-order valence-electron chi connectivity index (χ1n) is 7.22. The Morgan fingerprint density at radius 3 is 2.62 bits per heavy atom. The molecular formula is C15H24F2IN3O3. The molecule has 0 aliphatic heterocycles. The van der Waals surface area contributed by atoms with Crippen LogP contribution in [-0.2, 0) is 11.3 Å². The van der Waals surface area contributed by atoms with Crippen molar-refractivity contribution in [2.75, 3.05) is 20.3 Å². The number of ether oxygens (including phenoxy) is 3. The van der Waals surface area contributed by atoms with Crippen LogP contribution in [0.2, 0.25) is 0 Å². The predicted molar refractivity (Wildman–Crippen MR) is 99.5 cm³/mol. The number of hydrogen-bond acceptors (Lipinski definition) is 4. The minimum absolute atomic E-state index is 0. The van der Waals surface area contributed by atoms with Gasteiger partial charge in [0.1, 0.15) is 0 Å². The molecule has 1 aromatic rings. The van der Waals surface area contributed by atoms with Gasteiger partial charge in [-0.1, -0.05) is 6.07 Å². The molecule has 9 heteroatoms. The summed E-state index contributed by atoms with van der Waals surface area (Å²) in [6, 6.07) is 4.70. The van der Waals surface area contributed by atoms with Gasteiger partial charge in [0.05, 0.1) is 19.8 Å². The number of halogens is 3. The highest BCUT2D eigenvalue weighted by Crippen LogP contribution is 2.30.